The minimum atomic E-state index is -0.104. The topological polar surface area (TPSA) is 66.9 Å². The molecule has 3 rings (SSSR count). The van der Waals surface area contributed by atoms with Gasteiger partial charge in [-0.15, -0.1) is 0 Å². The van der Waals surface area contributed by atoms with Gasteiger partial charge in [-0.05, 0) is 25.3 Å². The average molecular weight is 338 g/mol. The van der Waals surface area contributed by atoms with E-state index < -0.39 is 0 Å². The number of aryl methyl sites for hydroxylation is 1. The summed E-state index contributed by atoms with van der Waals surface area (Å²) in [6, 6.07) is 10.3. The van der Waals surface area contributed by atoms with Gasteiger partial charge >= 0.3 is 0 Å². The first kappa shape index (κ1) is 17.4. The summed E-state index contributed by atoms with van der Waals surface area (Å²) in [5, 5.41) is 6.38. The Morgan fingerprint density at radius 1 is 1.08 bits per heavy atom. The van der Waals surface area contributed by atoms with Crippen molar-refractivity contribution in [3.8, 4) is 0 Å². The SMILES string of the molecule is Cc1ccc(CNc2cc(C(=O)NC3CCCCCC3)ncn2)cc1. The van der Waals surface area contributed by atoms with Crippen LogP contribution in [0.5, 0.6) is 0 Å². The van der Waals surface area contributed by atoms with Crippen molar-refractivity contribution in [2.24, 2.45) is 0 Å². The number of carbonyl (C=O) groups excluding carboxylic acids is 1. The quantitative estimate of drug-likeness (QED) is 0.813. The number of benzene rings is 1. The van der Waals surface area contributed by atoms with Crippen molar-refractivity contribution in [1.29, 1.82) is 0 Å². The van der Waals surface area contributed by atoms with Crippen LogP contribution in [0.25, 0.3) is 0 Å². The van der Waals surface area contributed by atoms with E-state index in [2.05, 4.69) is 51.8 Å². The fourth-order valence-corrected chi connectivity index (χ4v) is 3.16. The van der Waals surface area contributed by atoms with Crippen molar-refractivity contribution in [1.82, 2.24) is 15.3 Å². The Hall–Kier alpha value is -2.43. The molecule has 5 nitrogen and oxygen atoms in total. The maximum atomic E-state index is 12.5. The molecule has 2 aromatic rings. The summed E-state index contributed by atoms with van der Waals surface area (Å²) in [6.45, 7) is 2.74. The molecule has 132 valence electrons. The van der Waals surface area contributed by atoms with E-state index in [4.69, 9.17) is 0 Å². The molecule has 1 amide bonds. The zero-order valence-corrected chi connectivity index (χ0v) is 14.8. The molecule has 0 aliphatic heterocycles. The number of hydrogen-bond acceptors (Lipinski definition) is 4. The van der Waals surface area contributed by atoms with Gasteiger partial charge in [0.05, 0.1) is 0 Å². The van der Waals surface area contributed by atoms with Gasteiger partial charge in [-0.1, -0.05) is 55.5 Å². The van der Waals surface area contributed by atoms with Gasteiger partial charge in [-0.2, -0.15) is 0 Å². The summed E-state index contributed by atoms with van der Waals surface area (Å²) >= 11 is 0. The van der Waals surface area contributed by atoms with Gasteiger partial charge in [-0.25, -0.2) is 9.97 Å². The van der Waals surface area contributed by atoms with Gasteiger partial charge in [0, 0.05) is 18.7 Å². The second-order valence-electron chi connectivity index (χ2n) is 6.79. The summed E-state index contributed by atoms with van der Waals surface area (Å²) in [7, 11) is 0. The second kappa shape index (κ2) is 8.60. The van der Waals surface area contributed by atoms with Crippen molar-refractivity contribution >= 4 is 11.7 Å². The fourth-order valence-electron chi connectivity index (χ4n) is 3.16. The van der Waals surface area contributed by atoms with Crippen LogP contribution in [0.2, 0.25) is 0 Å². The van der Waals surface area contributed by atoms with Crippen molar-refractivity contribution in [3.05, 3.63) is 53.5 Å². The van der Waals surface area contributed by atoms with Gasteiger partial charge in [0.15, 0.2) is 0 Å². The van der Waals surface area contributed by atoms with E-state index in [9.17, 15) is 4.79 Å². The van der Waals surface area contributed by atoms with Crippen molar-refractivity contribution in [3.63, 3.8) is 0 Å². The predicted molar refractivity (Wildman–Crippen MR) is 99.5 cm³/mol. The van der Waals surface area contributed by atoms with E-state index in [-0.39, 0.29) is 11.9 Å². The highest BCUT2D eigenvalue weighted by molar-refractivity contribution is 5.93. The second-order valence-corrected chi connectivity index (χ2v) is 6.79. The highest BCUT2D eigenvalue weighted by Gasteiger charge is 2.16. The predicted octanol–water partition coefficient (Wildman–Crippen LogP) is 3.85. The van der Waals surface area contributed by atoms with Crippen LogP contribution in [0.15, 0.2) is 36.7 Å². The van der Waals surface area contributed by atoms with Crippen LogP contribution in [0.1, 0.15) is 60.1 Å². The number of anilines is 1. The molecule has 0 saturated heterocycles. The standard InChI is InChI=1S/C20H26N4O/c1-15-8-10-16(11-9-15)13-21-19-12-18(22-14-23-19)20(25)24-17-6-4-2-3-5-7-17/h8-12,14,17H,2-7,13H2,1H3,(H,24,25)(H,21,22,23). The van der Waals surface area contributed by atoms with E-state index in [0.29, 0.717) is 18.1 Å². The molecule has 25 heavy (non-hydrogen) atoms. The molecular weight excluding hydrogens is 312 g/mol. The lowest BCUT2D eigenvalue weighted by molar-refractivity contribution is 0.0928. The molecule has 1 aliphatic rings. The van der Waals surface area contributed by atoms with Gasteiger partial charge in [0.2, 0.25) is 0 Å². The molecule has 1 fully saturated rings. The highest BCUT2D eigenvalue weighted by atomic mass is 16.1. The smallest absolute Gasteiger partial charge is 0.270 e. The highest BCUT2D eigenvalue weighted by Crippen LogP contribution is 2.17. The van der Waals surface area contributed by atoms with Crippen LogP contribution >= 0.6 is 0 Å². The fraction of sp³-hybridized carbons (Fsp3) is 0.450. The van der Waals surface area contributed by atoms with Gasteiger partial charge in [0.25, 0.3) is 5.91 Å². The Morgan fingerprint density at radius 2 is 1.80 bits per heavy atom. The van der Waals surface area contributed by atoms with Crippen LogP contribution < -0.4 is 10.6 Å². The number of aromatic nitrogens is 2. The van der Waals surface area contributed by atoms with Gasteiger partial charge in [-0.3, -0.25) is 4.79 Å². The number of amides is 1. The summed E-state index contributed by atoms with van der Waals surface area (Å²) in [6.07, 6.45) is 8.50. The Balaban J connectivity index is 1.58. The molecule has 0 atom stereocenters. The molecule has 0 bridgehead atoms. The zero-order chi connectivity index (χ0) is 17.5. The minimum Gasteiger partial charge on any atom is -0.366 e. The molecular formula is C20H26N4O. The van der Waals surface area contributed by atoms with Gasteiger partial charge < -0.3 is 10.6 Å². The molecule has 5 heteroatoms. The zero-order valence-electron chi connectivity index (χ0n) is 14.8. The van der Waals surface area contributed by atoms with Crippen LogP contribution in [0.4, 0.5) is 5.82 Å². The van der Waals surface area contributed by atoms with Crippen molar-refractivity contribution in [2.45, 2.75) is 58.0 Å². The molecule has 1 heterocycles. The lowest BCUT2D eigenvalue weighted by Gasteiger charge is -2.16. The molecule has 0 radical (unpaired) electrons. The monoisotopic (exact) mass is 338 g/mol. The van der Waals surface area contributed by atoms with Crippen LogP contribution in [0, 0.1) is 6.92 Å². The summed E-state index contributed by atoms with van der Waals surface area (Å²) in [5.74, 6) is 0.564. The summed E-state index contributed by atoms with van der Waals surface area (Å²) in [4.78, 5) is 20.8. The average Bonchev–Trinajstić information content (AvgIpc) is 2.90. The Bertz CT molecular complexity index is 691. The molecule has 0 unspecified atom stereocenters. The first-order valence-corrected chi connectivity index (χ1v) is 9.13. The number of rotatable bonds is 5. The largest absolute Gasteiger partial charge is 0.366 e. The van der Waals surface area contributed by atoms with E-state index in [1.54, 1.807) is 6.07 Å². The molecule has 1 aromatic carbocycles. The van der Waals surface area contributed by atoms with E-state index in [0.717, 1.165) is 12.8 Å². The van der Waals surface area contributed by atoms with E-state index >= 15 is 0 Å². The molecule has 2 N–H and O–H groups in total. The number of nitrogens with zero attached hydrogens (tertiary/aromatic N) is 2. The number of nitrogens with one attached hydrogen (secondary N) is 2. The lowest BCUT2D eigenvalue weighted by Crippen LogP contribution is -2.34. The van der Waals surface area contributed by atoms with Crippen molar-refractivity contribution < 1.29 is 4.79 Å². The third kappa shape index (κ3) is 5.28. The number of hydrogen-bond donors (Lipinski definition) is 2. The molecule has 1 saturated carbocycles. The van der Waals surface area contributed by atoms with Crippen LogP contribution in [-0.4, -0.2) is 21.9 Å². The van der Waals surface area contributed by atoms with E-state index in [1.165, 1.54) is 43.1 Å². The lowest BCUT2D eigenvalue weighted by atomic mass is 10.1. The molecule has 0 spiro atoms. The Kier molecular flexibility index (Phi) is 5.99. The Labute approximate surface area is 149 Å². The first-order valence-electron chi connectivity index (χ1n) is 9.13. The Morgan fingerprint density at radius 3 is 2.52 bits per heavy atom. The molecule has 1 aliphatic carbocycles. The normalized spacial score (nSPS) is 15.4. The van der Waals surface area contributed by atoms with Crippen LogP contribution in [0.3, 0.4) is 0 Å². The van der Waals surface area contributed by atoms with E-state index in [1.807, 2.05) is 0 Å². The first-order chi connectivity index (χ1) is 12.2. The maximum absolute atomic E-state index is 12.5. The van der Waals surface area contributed by atoms with Crippen molar-refractivity contribution in [2.75, 3.05) is 5.32 Å². The van der Waals surface area contributed by atoms with Gasteiger partial charge in [0.1, 0.15) is 17.8 Å². The minimum absolute atomic E-state index is 0.104. The third-order valence-corrected chi connectivity index (χ3v) is 4.68. The van der Waals surface area contributed by atoms with Crippen LogP contribution in [-0.2, 0) is 6.54 Å². The maximum Gasteiger partial charge on any atom is 0.270 e. The summed E-state index contributed by atoms with van der Waals surface area (Å²) < 4.78 is 0. The third-order valence-electron chi connectivity index (χ3n) is 4.68. The summed E-state index contributed by atoms with van der Waals surface area (Å²) in [5.41, 5.74) is 2.84. The molecule has 1 aromatic heterocycles. The number of carbonyl (C=O) groups is 1.